The van der Waals surface area contributed by atoms with Gasteiger partial charge in [-0.25, -0.2) is 4.39 Å². The fourth-order valence-corrected chi connectivity index (χ4v) is 2.23. The lowest BCUT2D eigenvalue weighted by Gasteiger charge is -2.20. The van der Waals surface area contributed by atoms with Crippen molar-refractivity contribution in [3.8, 4) is 0 Å². The first-order valence-corrected chi connectivity index (χ1v) is 6.41. The Hall–Kier alpha value is -1.72. The van der Waals surface area contributed by atoms with Gasteiger partial charge in [0.1, 0.15) is 0 Å². The summed E-state index contributed by atoms with van der Waals surface area (Å²) in [4.78, 5) is 15.2. The molecule has 2 rings (SSSR count). The maximum Gasteiger partial charge on any atom is 0.286 e. The fraction of sp³-hybridized carbons (Fsp3) is 0.615. The van der Waals surface area contributed by atoms with Gasteiger partial charge < -0.3 is 9.84 Å². The second-order valence-electron chi connectivity index (χ2n) is 5.35. The van der Waals surface area contributed by atoms with Crippen molar-refractivity contribution in [3.05, 3.63) is 17.3 Å². The van der Waals surface area contributed by atoms with Crippen LogP contribution in [0.3, 0.4) is 0 Å². The third kappa shape index (κ3) is 3.00. The monoisotopic (exact) mass is 267 g/mol. The minimum atomic E-state index is -0.784. The molecular formula is C13H18FN3O2. The minimum Gasteiger partial charge on any atom is -0.344 e. The fourth-order valence-electron chi connectivity index (χ4n) is 2.23. The van der Waals surface area contributed by atoms with Crippen LogP contribution in [0.15, 0.2) is 10.1 Å². The lowest BCUT2D eigenvalue weighted by atomic mass is 10.1. The molecule has 1 aliphatic carbocycles. The summed E-state index contributed by atoms with van der Waals surface area (Å²) in [5.41, 5.74) is -0.0404. The molecule has 19 heavy (non-hydrogen) atoms. The van der Waals surface area contributed by atoms with Crippen molar-refractivity contribution in [2.45, 2.75) is 52.0 Å². The minimum absolute atomic E-state index is 0.0923. The van der Waals surface area contributed by atoms with Crippen molar-refractivity contribution < 1.29 is 13.7 Å². The zero-order valence-electron chi connectivity index (χ0n) is 11.4. The molecule has 1 amide bonds. The number of allylic oxidation sites excluding steroid dienone is 1. The van der Waals surface area contributed by atoms with E-state index in [-0.39, 0.29) is 17.6 Å². The molecule has 0 bridgehead atoms. The highest BCUT2D eigenvalue weighted by Gasteiger charge is 2.29. The normalized spacial score (nSPS) is 15.7. The number of aromatic nitrogens is 2. The lowest BCUT2D eigenvalue weighted by Crippen LogP contribution is -2.40. The Morgan fingerprint density at radius 2 is 2.00 bits per heavy atom. The van der Waals surface area contributed by atoms with E-state index in [2.05, 4.69) is 15.5 Å². The highest BCUT2D eigenvalue weighted by Crippen LogP contribution is 2.32. The van der Waals surface area contributed by atoms with Crippen molar-refractivity contribution in [2.24, 2.45) is 0 Å². The molecule has 0 unspecified atom stereocenters. The Labute approximate surface area is 111 Å². The first-order chi connectivity index (χ1) is 8.90. The van der Waals surface area contributed by atoms with Crippen LogP contribution < -0.4 is 5.32 Å². The summed E-state index contributed by atoms with van der Waals surface area (Å²) in [5.74, 6) is -0.433. The molecule has 1 heterocycles. The predicted molar refractivity (Wildman–Crippen MR) is 67.6 cm³/mol. The van der Waals surface area contributed by atoms with E-state index in [1.807, 2.05) is 0 Å². The second kappa shape index (κ2) is 5.11. The number of halogens is 1. The Morgan fingerprint density at radius 3 is 2.58 bits per heavy atom. The van der Waals surface area contributed by atoms with Gasteiger partial charge in [0.2, 0.25) is 5.91 Å². The van der Waals surface area contributed by atoms with E-state index in [0.717, 1.165) is 31.3 Å². The van der Waals surface area contributed by atoms with E-state index in [1.54, 1.807) is 13.8 Å². The molecule has 0 aliphatic heterocycles. The van der Waals surface area contributed by atoms with E-state index < -0.39 is 11.4 Å². The highest BCUT2D eigenvalue weighted by molar-refractivity contribution is 5.73. The third-order valence-corrected chi connectivity index (χ3v) is 3.18. The van der Waals surface area contributed by atoms with Gasteiger partial charge in [-0.1, -0.05) is 5.16 Å². The summed E-state index contributed by atoms with van der Waals surface area (Å²) in [5, 5.41) is 6.45. The van der Waals surface area contributed by atoms with E-state index in [9.17, 15) is 9.18 Å². The number of hydrogen-bond donors (Lipinski definition) is 1. The van der Waals surface area contributed by atoms with Crippen LogP contribution in [0.4, 0.5) is 4.39 Å². The highest BCUT2D eigenvalue weighted by atomic mass is 19.1. The van der Waals surface area contributed by atoms with Crippen molar-refractivity contribution in [1.82, 2.24) is 15.5 Å². The predicted octanol–water partition coefficient (Wildman–Crippen LogP) is 2.70. The maximum absolute atomic E-state index is 14.1. The number of carbonyl (C=O) groups is 1. The number of hydrogen-bond acceptors (Lipinski definition) is 4. The lowest BCUT2D eigenvalue weighted by molar-refractivity contribution is -0.120. The average Bonchev–Trinajstić information content (AvgIpc) is 2.98. The Bertz CT molecular complexity index is 512. The molecule has 1 aromatic heterocycles. The summed E-state index contributed by atoms with van der Waals surface area (Å²) in [6.45, 7) is 4.89. The summed E-state index contributed by atoms with van der Waals surface area (Å²) in [6.07, 6.45) is 3.50. The van der Waals surface area contributed by atoms with E-state index in [1.165, 1.54) is 6.92 Å². The van der Waals surface area contributed by atoms with Crippen LogP contribution in [0, 0.1) is 0 Å². The quantitative estimate of drug-likeness (QED) is 0.914. The molecule has 1 aliphatic rings. The molecule has 5 nitrogen and oxygen atoms in total. The molecule has 0 atom stereocenters. The van der Waals surface area contributed by atoms with Crippen molar-refractivity contribution in [2.75, 3.05) is 0 Å². The van der Waals surface area contributed by atoms with Gasteiger partial charge in [-0.3, -0.25) is 4.79 Å². The third-order valence-electron chi connectivity index (χ3n) is 3.18. The second-order valence-corrected chi connectivity index (χ2v) is 5.35. The number of rotatable bonds is 3. The Morgan fingerprint density at radius 1 is 1.37 bits per heavy atom. The van der Waals surface area contributed by atoms with Crippen LogP contribution in [0.2, 0.25) is 0 Å². The van der Waals surface area contributed by atoms with Gasteiger partial charge in [0.05, 0.1) is 5.54 Å². The molecule has 1 N–H and O–H groups in total. The number of nitrogens with zero attached hydrogens (tertiary/aromatic N) is 2. The zero-order chi connectivity index (χ0) is 14.0. The van der Waals surface area contributed by atoms with Crippen LogP contribution in [-0.2, 0) is 10.3 Å². The standard InChI is InChI=1S/C13H18FN3O2/c1-8(18)16-13(2,3)12-15-11(19-17-12)10(14)9-6-4-5-7-9/h4-7H2,1-3H3,(H,16,18). The van der Waals surface area contributed by atoms with Crippen molar-refractivity contribution in [1.29, 1.82) is 0 Å². The number of nitrogens with one attached hydrogen (secondary N) is 1. The van der Waals surface area contributed by atoms with E-state index in [4.69, 9.17) is 4.52 Å². The first-order valence-electron chi connectivity index (χ1n) is 6.41. The van der Waals surface area contributed by atoms with Gasteiger partial charge in [0.25, 0.3) is 5.89 Å². The summed E-state index contributed by atoms with van der Waals surface area (Å²) in [7, 11) is 0. The van der Waals surface area contributed by atoms with Gasteiger partial charge >= 0.3 is 0 Å². The van der Waals surface area contributed by atoms with Crippen LogP contribution >= 0.6 is 0 Å². The van der Waals surface area contributed by atoms with Crippen LogP contribution in [0.5, 0.6) is 0 Å². The van der Waals surface area contributed by atoms with Crippen LogP contribution in [0.25, 0.3) is 5.83 Å². The van der Waals surface area contributed by atoms with Gasteiger partial charge in [-0.05, 0) is 45.1 Å². The molecule has 0 spiro atoms. The SMILES string of the molecule is CC(=O)NC(C)(C)c1noc(C(F)=C2CCCC2)n1. The van der Waals surface area contributed by atoms with Gasteiger partial charge in [0.15, 0.2) is 11.7 Å². The summed E-state index contributed by atoms with van der Waals surface area (Å²) < 4.78 is 19.1. The first kappa shape index (κ1) is 13.7. The molecule has 0 radical (unpaired) electrons. The summed E-state index contributed by atoms with van der Waals surface area (Å²) >= 11 is 0. The molecule has 104 valence electrons. The average molecular weight is 267 g/mol. The van der Waals surface area contributed by atoms with Gasteiger partial charge in [0, 0.05) is 6.92 Å². The molecule has 0 saturated heterocycles. The maximum atomic E-state index is 14.1. The Kier molecular flexibility index (Phi) is 3.68. The van der Waals surface area contributed by atoms with E-state index in [0.29, 0.717) is 0 Å². The molecule has 0 aromatic carbocycles. The molecule has 1 fully saturated rings. The number of amides is 1. The zero-order valence-corrected chi connectivity index (χ0v) is 11.4. The van der Waals surface area contributed by atoms with Crippen molar-refractivity contribution in [3.63, 3.8) is 0 Å². The van der Waals surface area contributed by atoms with Gasteiger partial charge in [-0.2, -0.15) is 4.98 Å². The number of carbonyl (C=O) groups excluding carboxylic acids is 1. The topological polar surface area (TPSA) is 68.0 Å². The van der Waals surface area contributed by atoms with Crippen molar-refractivity contribution >= 4 is 11.7 Å². The molecular weight excluding hydrogens is 249 g/mol. The summed E-state index contributed by atoms with van der Waals surface area (Å²) in [6, 6.07) is 0. The largest absolute Gasteiger partial charge is 0.344 e. The van der Waals surface area contributed by atoms with Crippen LogP contribution in [0.1, 0.15) is 58.2 Å². The van der Waals surface area contributed by atoms with E-state index >= 15 is 0 Å². The smallest absolute Gasteiger partial charge is 0.286 e. The van der Waals surface area contributed by atoms with Gasteiger partial charge in [-0.15, -0.1) is 0 Å². The van der Waals surface area contributed by atoms with Crippen LogP contribution in [-0.4, -0.2) is 16.0 Å². The molecule has 1 aromatic rings. The Balaban J connectivity index is 2.24. The molecule has 1 saturated carbocycles. The molecule has 6 heteroatoms.